The van der Waals surface area contributed by atoms with Crippen LogP contribution >= 0.6 is 0 Å². The molecule has 1 unspecified atom stereocenters. The summed E-state index contributed by atoms with van der Waals surface area (Å²) >= 11 is 0. The van der Waals surface area contributed by atoms with Gasteiger partial charge < -0.3 is 5.32 Å². The third kappa shape index (κ3) is 3.44. The predicted molar refractivity (Wildman–Crippen MR) is 59.6 cm³/mol. The fourth-order valence-corrected chi connectivity index (χ4v) is 2.02. The lowest BCUT2D eigenvalue weighted by atomic mass is 10.1. The van der Waals surface area contributed by atoms with Gasteiger partial charge in [-0.1, -0.05) is 30.3 Å². The van der Waals surface area contributed by atoms with Crippen molar-refractivity contribution in [1.29, 1.82) is 0 Å². The molecule has 17 heavy (non-hydrogen) atoms. The van der Waals surface area contributed by atoms with Gasteiger partial charge in [0.2, 0.25) is 0 Å². The summed E-state index contributed by atoms with van der Waals surface area (Å²) in [5, 5.41) is 2.51. The summed E-state index contributed by atoms with van der Waals surface area (Å²) in [6, 6.07) is 8.17. The zero-order chi connectivity index (χ0) is 12.3. The van der Waals surface area contributed by atoms with E-state index in [1.54, 1.807) is 0 Å². The van der Waals surface area contributed by atoms with Crippen molar-refractivity contribution in [1.82, 2.24) is 10.2 Å². The fourth-order valence-electron chi connectivity index (χ4n) is 2.02. The van der Waals surface area contributed by atoms with Gasteiger partial charge in [-0.3, -0.25) is 4.90 Å². The molecule has 0 aromatic heterocycles. The molecule has 1 aromatic carbocycles. The van der Waals surface area contributed by atoms with E-state index < -0.39 is 12.2 Å². The van der Waals surface area contributed by atoms with Crippen LogP contribution in [0.15, 0.2) is 30.3 Å². The highest BCUT2D eigenvalue weighted by atomic mass is 19.4. The summed E-state index contributed by atoms with van der Waals surface area (Å²) in [5.41, 5.74) is 1.05. The fraction of sp³-hybridized carbons (Fsp3) is 0.500. The molecule has 1 fully saturated rings. The highest BCUT2D eigenvalue weighted by Crippen LogP contribution is 2.23. The minimum absolute atomic E-state index is 0.0262. The van der Waals surface area contributed by atoms with Crippen LogP contribution in [0.3, 0.4) is 0 Å². The average Bonchev–Trinajstić information content (AvgIpc) is 2.29. The average molecular weight is 244 g/mol. The first kappa shape index (κ1) is 12.4. The number of nitrogens with zero attached hydrogens (tertiary/aromatic N) is 1. The first-order valence-corrected chi connectivity index (χ1v) is 5.62. The molecule has 0 saturated carbocycles. The van der Waals surface area contributed by atoms with Crippen LogP contribution in [-0.4, -0.2) is 36.8 Å². The van der Waals surface area contributed by atoms with Crippen molar-refractivity contribution in [3.05, 3.63) is 35.9 Å². The maximum atomic E-state index is 12.6. The van der Waals surface area contributed by atoms with E-state index in [2.05, 4.69) is 5.32 Å². The maximum Gasteiger partial charge on any atom is 0.405 e. The Balaban J connectivity index is 1.94. The molecule has 94 valence electrons. The van der Waals surface area contributed by atoms with Gasteiger partial charge in [-0.15, -0.1) is 0 Å². The van der Waals surface area contributed by atoms with E-state index in [1.165, 1.54) is 0 Å². The first-order valence-electron chi connectivity index (χ1n) is 5.62. The van der Waals surface area contributed by atoms with Gasteiger partial charge in [0.15, 0.2) is 0 Å². The van der Waals surface area contributed by atoms with Crippen LogP contribution in [0.1, 0.15) is 5.56 Å². The quantitative estimate of drug-likeness (QED) is 0.856. The van der Waals surface area contributed by atoms with E-state index in [0.29, 0.717) is 19.6 Å². The lowest BCUT2D eigenvalue weighted by Gasteiger charge is -2.34. The molecule has 1 N–H and O–H groups in total. The Morgan fingerprint density at radius 1 is 1.24 bits per heavy atom. The van der Waals surface area contributed by atoms with Crippen molar-refractivity contribution in [3.63, 3.8) is 0 Å². The van der Waals surface area contributed by atoms with Crippen molar-refractivity contribution in [2.45, 2.75) is 18.8 Å². The highest BCUT2D eigenvalue weighted by molar-refractivity contribution is 5.14. The summed E-state index contributed by atoms with van der Waals surface area (Å²) in [7, 11) is 0. The van der Waals surface area contributed by atoms with Crippen LogP contribution in [0.25, 0.3) is 0 Å². The smallest absolute Gasteiger partial charge is 0.304 e. The second-order valence-corrected chi connectivity index (χ2v) is 4.27. The van der Waals surface area contributed by atoms with Crippen molar-refractivity contribution in [2.24, 2.45) is 0 Å². The molecule has 1 aliphatic heterocycles. The monoisotopic (exact) mass is 244 g/mol. The molecule has 0 spiro atoms. The SMILES string of the molecule is FC(F)(F)C1CN(Cc2ccccc2)CCN1. The molecule has 0 radical (unpaired) electrons. The first-order chi connectivity index (χ1) is 8.05. The second kappa shape index (κ2) is 5.06. The molecule has 0 amide bonds. The van der Waals surface area contributed by atoms with Crippen LogP contribution in [-0.2, 0) is 6.54 Å². The summed E-state index contributed by atoms with van der Waals surface area (Å²) < 4.78 is 37.7. The molecular weight excluding hydrogens is 229 g/mol. The Morgan fingerprint density at radius 3 is 2.59 bits per heavy atom. The van der Waals surface area contributed by atoms with Crippen LogP contribution in [0.5, 0.6) is 0 Å². The maximum absolute atomic E-state index is 12.6. The molecule has 1 aromatic rings. The molecule has 5 heteroatoms. The number of hydrogen-bond donors (Lipinski definition) is 1. The van der Waals surface area contributed by atoms with Gasteiger partial charge in [-0.2, -0.15) is 13.2 Å². The molecule has 2 nitrogen and oxygen atoms in total. The van der Waals surface area contributed by atoms with Gasteiger partial charge in [-0.25, -0.2) is 0 Å². The summed E-state index contributed by atoms with van der Waals surface area (Å²) in [4.78, 5) is 1.84. The Labute approximate surface area is 98.4 Å². The number of rotatable bonds is 2. The molecule has 0 aliphatic carbocycles. The van der Waals surface area contributed by atoms with E-state index in [-0.39, 0.29) is 6.54 Å². The number of halogens is 3. The standard InChI is InChI=1S/C12H15F3N2/c13-12(14,15)11-9-17(7-6-16-11)8-10-4-2-1-3-5-10/h1-5,11,16H,6-9H2. The highest BCUT2D eigenvalue weighted by Gasteiger charge is 2.41. The second-order valence-electron chi connectivity index (χ2n) is 4.27. The van der Waals surface area contributed by atoms with E-state index in [4.69, 9.17) is 0 Å². The van der Waals surface area contributed by atoms with Gasteiger partial charge in [0.05, 0.1) is 0 Å². The third-order valence-corrected chi connectivity index (χ3v) is 2.90. The number of benzene rings is 1. The largest absolute Gasteiger partial charge is 0.405 e. The molecule has 1 heterocycles. The van der Waals surface area contributed by atoms with Gasteiger partial charge in [-0.05, 0) is 5.56 Å². The van der Waals surface area contributed by atoms with Crippen molar-refractivity contribution in [2.75, 3.05) is 19.6 Å². The zero-order valence-electron chi connectivity index (χ0n) is 9.37. The van der Waals surface area contributed by atoms with Crippen LogP contribution in [0, 0.1) is 0 Å². The summed E-state index contributed by atoms with van der Waals surface area (Å²) in [6.07, 6.45) is -4.16. The molecule has 0 bridgehead atoms. The molecule has 2 rings (SSSR count). The Hall–Kier alpha value is -1.07. The van der Waals surface area contributed by atoms with E-state index in [0.717, 1.165) is 5.56 Å². The van der Waals surface area contributed by atoms with Crippen LogP contribution in [0.2, 0.25) is 0 Å². The number of alkyl halides is 3. The van der Waals surface area contributed by atoms with E-state index in [9.17, 15) is 13.2 Å². The molecule has 1 aliphatic rings. The van der Waals surface area contributed by atoms with Gasteiger partial charge in [0, 0.05) is 26.2 Å². The van der Waals surface area contributed by atoms with Gasteiger partial charge in [0.25, 0.3) is 0 Å². The predicted octanol–water partition coefficient (Wildman–Crippen LogP) is 2.02. The van der Waals surface area contributed by atoms with E-state index in [1.807, 2.05) is 35.2 Å². The summed E-state index contributed by atoms with van der Waals surface area (Å²) in [6.45, 7) is 1.64. The Morgan fingerprint density at radius 2 is 1.94 bits per heavy atom. The number of piperazine rings is 1. The number of hydrogen-bond acceptors (Lipinski definition) is 2. The lowest BCUT2D eigenvalue weighted by Crippen LogP contribution is -2.56. The lowest BCUT2D eigenvalue weighted by molar-refractivity contribution is -0.165. The minimum atomic E-state index is -4.16. The normalized spacial score (nSPS) is 22.6. The van der Waals surface area contributed by atoms with Crippen molar-refractivity contribution >= 4 is 0 Å². The van der Waals surface area contributed by atoms with Crippen molar-refractivity contribution in [3.8, 4) is 0 Å². The minimum Gasteiger partial charge on any atom is -0.304 e. The van der Waals surface area contributed by atoms with Gasteiger partial charge in [0.1, 0.15) is 6.04 Å². The van der Waals surface area contributed by atoms with Gasteiger partial charge >= 0.3 is 6.18 Å². The van der Waals surface area contributed by atoms with Crippen LogP contribution in [0.4, 0.5) is 13.2 Å². The van der Waals surface area contributed by atoms with E-state index >= 15 is 0 Å². The Kier molecular flexibility index (Phi) is 3.69. The molecule has 1 atom stereocenters. The third-order valence-electron chi connectivity index (χ3n) is 2.90. The van der Waals surface area contributed by atoms with Crippen LogP contribution < -0.4 is 5.32 Å². The topological polar surface area (TPSA) is 15.3 Å². The number of nitrogens with one attached hydrogen (secondary N) is 1. The Bertz CT molecular complexity index is 351. The summed E-state index contributed by atoms with van der Waals surface area (Å²) in [5.74, 6) is 0. The molecule has 1 saturated heterocycles. The van der Waals surface area contributed by atoms with Crippen molar-refractivity contribution < 1.29 is 13.2 Å². The zero-order valence-corrected chi connectivity index (χ0v) is 9.37. The molecular formula is C12H15F3N2.